The van der Waals surface area contributed by atoms with Crippen molar-refractivity contribution in [1.82, 2.24) is 10.3 Å². The molecule has 0 atom stereocenters. The van der Waals surface area contributed by atoms with Crippen molar-refractivity contribution in [2.75, 3.05) is 0 Å². The highest BCUT2D eigenvalue weighted by Crippen LogP contribution is 2.20. The topological polar surface area (TPSA) is 85.1 Å². The van der Waals surface area contributed by atoms with Gasteiger partial charge in [-0.3, -0.25) is 14.9 Å². The number of carbonyl (C=O) groups excluding carboxylic acids is 1. The number of nitrogens with zero attached hydrogens (tertiary/aromatic N) is 2. The zero-order chi connectivity index (χ0) is 15.4. The van der Waals surface area contributed by atoms with Crippen molar-refractivity contribution in [2.45, 2.75) is 19.9 Å². The summed E-state index contributed by atoms with van der Waals surface area (Å²) >= 11 is 7.42. The molecule has 0 fully saturated rings. The third kappa shape index (κ3) is 3.77. The zero-order valence-electron chi connectivity index (χ0n) is 11.1. The Balaban J connectivity index is 2.09. The molecule has 6 nitrogen and oxygen atoms in total. The molecule has 0 aliphatic heterocycles. The summed E-state index contributed by atoms with van der Waals surface area (Å²) in [6, 6.07) is 5.07. The maximum absolute atomic E-state index is 12.0. The van der Waals surface area contributed by atoms with Crippen LogP contribution in [0.25, 0.3) is 0 Å². The van der Waals surface area contributed by atoms with Gasteiger partial charge < -0.3 is 5.32 Å². The lowest BCUT2D eigenvalue weighted by molar-refractivity contribution is -0.385. The molecule has 110 valence electrons. The SMILES string of the molecule is CCc1ccc(CNC(=O)c2cc([N+](=O)[O-])cnc2Cl)s1. The molecule has 21 heavy (non-hydrogen) atoms. The molecule has 0 aromatic carbocycles. The van der Waals surface area contributed by atoms with Crippen LogP contribution in [0.3, 0.4) is 0 Å². The van der Waals surface area contributed by atoms with Crippen LogP contribution in [-0.4, -0.2) is 15.8 Å². The van der Waals surface area contributed by atoms with Gasteiger partial charge in [0.2, 0.25) is 0 Å². The van der Waals surface area contributed by atoms with Gasteiger partial charge in [-0.2, -0.15) is 0 Å². The number of amides is 1. The second kappa shape index (κ2) is 6.64. The van der Waals surface area contributed by atoms with Crippen molar-refractivity contribution in [1.29, 1.82) is 0 Å². The van der Waals surface area contributed by atoms with Gasteiger partial charge in [0.15, 0.2) is 0 Å². The fourth-order valence-corrected chi connectivity index (χ4v) is 2.75. The lowest BCUT2D eigenvalue weighted by atomic mass is 10.2. The van der Waals surface area contributed by atoms with Gasteiger partial charge in [0.05, 0.1) is 17.0 Å². The zero-order valence-corrected chi connectivity index (χ0v) is 12.7. The lowest BCUT2D eigenvalue weighted by Crippen LogP contribution is -2.23. The number of carbonyl (C=O) groups is 1. The van der Waals surface area contributed by atoms with Crippen molar-refractivity contribution < 1.29 is 9.72 Å². The smallest absolute Gasteiger partial charge is 0.288 e. The first-order valence-corrected chi connectivity index (χ1v) is 7.36. The fourth-order valence-electron chi connectivity index (χ4n) is 1.67. The number of nitro groups is 1. The van der Waals surface area contributed by atoms with E-state index in [1.165, 1.54) is 4.88 Å². The molecule has 8 heteroatoms. The largest absolute Gasteiger partial charge is 0.347 e. The fraction of sp³-hybridized carbons (Fsp3) is 0.231. The molecule has 1 N–H and O–H groups in total. The summed E-state index contributed by atoms with van der Waals surface area (Å²) in [6.07, 6.45) is 1.96. The van der Waals surface area contributed by atoms with Gasteiger partial charge in [-0.25, -0.2) is 4.98 Å². The first kappa shape index (κ1) is 15.4. The predicted octanol–water partition coefficient (Wildman–Crippen LogP) is 3.20. The first-order valence-electron chi connectivity index (χ1n) is 6.17. The Labute approximate surface area is 129 Å². The van der Waals surface area contributed by atoms with Crippen LogP contribution in [0, 0.1) is 10.1 Å². The van der Waals surface area contributed by atoms with E-state index < -0.39 is 10.8 Å². The molecule has 0 saturated carbocycles. The summed E-state index contributed by atoms with van der Waals surface area (Å²) in [7, 11) is 0. The van der Waals surface area contributed by atoms with Gasteiger partial charge in [0.25, 0.3) is 11.6 Å². The van der Waals surface area contributed by atoms with Crippen LogP contribution >= 0.6 is 22.9 Å². The molecular weight excluding hydrogens is 314 g/mol. The van der Waals surface area contributed by atoms with E-state index in [0.29, 0.717) is 6.54 Å². The van der Waals surface area contributed by atoms with E-state index >= 15 is 0 Å². The van der Waals surface area contributed by atoms with Crippen molar-refractivity contribution >= 4 is 34.5 Å². The number of nitrogens with one attached hydrogen (secondary N) is 1. The van der Waals surface area contributed by atoms with Crippen molar-refractivity contribution in [3.8, 4) is 0 Å². The standard InChI is InChI=1S/C13H12ClN3O3S/c1-2-9-3-4-10(21-9)7-16-13(18)11-5-8(17(19)20)6-15-12(11)14/h3-6H,2,7H2,1H3,(H,16,18). The minimum absolute atomic E-state index is 0.00172. The van der Waals surface area contributed by atoms with E-state index in [-0.39, 0.29) is 16.4 Å². The van der Waals surface area contributed by atoms with Crippen LogP contribution in [0.15, 0.2) is 24.4 Å². The minimum Gasteiger partial charge on any atom is -0.347 e. The average Bonchev–Trinajstić information content (AvgIpc) is 2.93. The normalized spacial score (nSPS) is 10.4. The van der Waals surface area contributed by atoms with Crippen LogP contribution < -0.4 is 5.32 Å². The summed E-state index contributed by atoms with van der Waals surface area (Å²) < 4.78 is 0. The van der Waals surface area contributed by atoms with Gasteiger partial charge in [-0.1, -0.05) is 18.5 Å². The Bertz CT molecular complexity index is 687. The Morgan fingerprint density at radius 1 is 1.48 bits per heavy atom. The molecule has 0 bridgehead atoms. The van der Waals surface area contributed by atoms with Crippen molar-refractivity contribution in [3.05, 3.63) is 55.0 Å². The summed E-state index contributed by atoms with van der Waals surface area (Å²) in [6.45, 7) is 2.41. The molecule has 0 aliphatic rings. The summed E-state index contributed by atoms with van der Waals surface area (Å²) in [5.74, 6) is -0.484. The molecule has 2 heterocycles. The maximum atomic E-state index is 12.0. The van der Waals surface area contributed by atoms with Gasteiger partial charge in [-0.05, 0) is 18.6 Å². The van der Waals surface area contributed by atoms with E-state index in [0.717, 1.165) is 23.6 Å². The summed E-state index contributed by atoms with van der Waals surface area (Å²) in [5.41, 5.74) is -0.271. The van der Waals surface area contributed by atoms with E-state index in [9.17, 15) is 14.9 Å². The Hall–Kier alpha value is -1.99. The van der Waals surface area contributed by atoms with E-state index in [4.69, 9.17) is 11.6 Å². The third-order valence-corrected chi connectivity index (χ3v) is 4.30. The molecule has 1 amide bonds. The molecule has 0 saturated heterocycles. The number of pyridine rings is 1. The molecule has 0 unspecified atom stereocenters. The molecule has 2 rings (SSSR count). The van der Waals surface area contributed by atoms with Crippen molar-refractivity contribution in [3.63, 3.8) is 0 Å². The Kier molecular flexibility index (Phi) is 4.87. The Morgan fingerprint density at radius 3 is 2.81 bits per heavy atom. The number of aromatic nitrogens is 1. The molecule has 2 aromatic rings. The minimum atomic E-state index is -0.618. The highest BCUT2D eigenvalue weighted by molar-refractivity contribution is 7.11. The van der Waals surface area contributed by atoms with Gasteiger partial charge in [0.1, 0.15) is 11.3 Å². The second-order valence-corrected chi connectivity index (χ2v) is 5.80. The third-order valence-electron chi connectivity index (χ3n) is 2.77. The quantitative estimate of drug-likeness (QED) is 0.519. The molecular formula is C13H12ClN3O3S. The van der Waals surface area contributed by atoms with E-state index in [2.05, 4.69) is 17.2 Å². The second-order valence-electron chi connectivity index (χ2n) is 4.19. The Morgan fingerprint density at radius 2 is 2.19 bits per heavy atom. The van der Waals surface area contributed by atoms with E-state index in [1.54, 1.807) is 11.3 Å². The number of hydrogen-bond acceptors (Lipinski definition) is 5. The van der Waals surface area contributed by atoms with Crippen molar-refractivity contribution in [2.24, 2.45) is 0 Å². The number of aryl methyl sites for hydroxylation is 1. The van der Waals surface area contributed by atoms with E-state index in [1.807, 2.05) is 12.1 Å². The van der Waals surface area contributed by atoms with Gasteiger partial charge in [-0.15, -0.1) is 11.3 Å². The number of rotatable bonds is 5. The number of thiophene rings is 1. The highest BCUT2D eigenvalue weighted by Gasteiger charge is 2.17. The predicted molar refractivity (Wildman–Crippen MR) is 80.8 cm³/mol. The summed E-state index contributed by atoms with van der Waals surface area (Å²) in [4.78, 5) is 28.0. The monoisotopic (exact) mass is 325 g/mol. The first-order chi connectivity index (χ1) is 10.0. The number of halogens is 1. The summed E-state index contributed by atoms with van der Waals surface area (Å²) in [5, 5.41) is 13.3. The maximum Gasteiger partial charge on any atom is 0.288 e. The van der Waals surface area contributed by atoms with Crippen LogP contribution in [0.1, 0.15) is 27.0 Å². The lowest BCUT2D eigenvalue weighted by Gasteiger charge is -2.05. The molecule has 2 aromatic heterocycles. The number of hydrogen-bond donors (Lipinski definition) is 1. The average molecular weight is 326 g/mol. The van der Waals surface area contributed by atoms with Crippen LogP contribution in [-0.2, 0) is 13.0 Å². The molecule has 0 spiro atoms. The molecule has 0 aliphatic carbocycles. The van der Waals surface area contributed by atoms with Gasteiger partial charge >= 0.3 is 0 Å². The van der Waals surface area contributed by atoms with Crippen LogP contribution in [0.5, 0.6) is 0 Å². The van der Waals surface area contributed by atoms with Gasteiger partial charge in [0, 0.05) is 15.8 Å². The molecule has 0 radical (unpaired) electrons. The van der Waals surface area contributed by atoms with Crippen LogP contribution in [0.2, 0.25) is 5.15 Å². The van der Waals surface area contributed by atoms with Crippen LogP contribution in [0.4, 0.5) is 5.69 Å². The highest BCUT2D eigenvalue weighted by atomic mass is 35.5.